The molecule has 0 radical (unpaired) electrons. The van der Waals surface area contributed by atoms with E-state index < -0.39 is 0 Å². The number of benzene rings is 1. The Labute approximate surface area is 104 Å². The molecule has 0 bridgehead atoms. The molecule has 0 atom stereocenters. The van der Waals surface area contributed by atoms with Crippen molar-refractivity contribution >= 4 is 0 Å². The van der Waals surface area contributed by atoms with Gasteiger partial charge in [-0.05, 0) is 50.6 Å². The van der Waals surface area contributed by atoms with Gasteiger partial charge < -0.3 is 5.73 Å². The van der Waals surface area contributed by atoms with E-state index in [9.17, 15) is 4.39 Å². The highest BCUT2D eigenvalue weighted by Crippen LogP contribution is 2.20. The van der Waals surface area contributed by atoms with E-state index in [-0.39, 0.29) is 11.4 Å². The van der Waals surface area contributed by atoms with Crippen LogP contribution < -0.4 is 5.73 Å². The van der Waals surface area contributed by atoms with Crippen LogP contribution in [-0.2, 0) is 13.1 Å². The maximum Gasteiger partial charge on any atom is 0.123 e. The summed E-state index contributed by atoms with van der Waals surface area (Å²) in [7, 11) is 2.07. The van der Waals surface area contributed by atoms with E-state index in [2.05, 4.69) is 32.7 Å². The summed E-state index contributed by atoms with van der Waals surface area (Å²) in [6, 6.07) is 5.06. The van der Waals surface area contributed by atoms with Gasteiger partial charge in [0, 0.05) is 18.6 Å². The maximum atomic E-state index is 13.4. The van der Waals surface area contributed by atoms with Gasteiger partial charge in [-0.25, -0.2) is 4.39 Å². The molecule has 2 N–H and O–H groups in total. The zero-order valence-electron chi connectivity index (χ0n) is 11.3. The maximum absolute atomic E-state index is 13.4. The molecular formula is C14H23FN2. The molecule has 0 aliphatic heterocycles. The minimum absolute atomic E-state index is 0.120. The monoisotopic (exact) mass is 238 g/mol. The van der Waals surface area contributed by atoms with Crippen molar-refractivity contribution in [2.24, 2.45) is 5.73 Å². The summed E-state index contributed by atoms with van der Waals surface area (Å²) in [6.07, 6.45) is 1.06. The first-order valence-corrected chi connectivity index (χ1v) is 6.08. The smallest absolute Gasteiger partial charge is 0.123 e. The largest absolute Gasteiger partial charge is 0.326 e. The quantitative estimate of drug-likeness (QED) is 0.854. The lowest BCUT2D eigenvalue weighted by Gasteiger charge is -2.35. The van der Waals surface area contributed by atoms with Crippen molar-refractivity contribution in [1.29, 1.82) is 0 Å². The second kappa shape index (κ2) is 5.61. The van der Waals surface area contributed by atoms with E-state index in [1.165, 1.54) is 6.07 Å². The van der Waals surface area contributed by atoms with Crippen molar-refractivity contribution < 1.29 is 4.39 Å². The Morgan fingerprint density at radius 3 is 2.35 bits per heavy atom. The number of halogens is 1. The van der Waals surface area contributed by atoms with Crippen LogP contribution in [-0.4, -0.2) is 17.5 Å². The predicted octanol–water partition coefficient (Wildman–Crippen LogP) is 2.90. The van der Waals surface area contributed by atoms with Gasteiger partial charge in [-0.1, -0.05) is 13.0 Å². The molecule has 0 unspecified atom stereocenters. The third-order valence-corrected chi connectivity index (χ3v) is 3.57. The molecule has 0 saturated heterocycles. The predicted molar refractivity (Wildman–Crippen MR) is 70.1 cm³/mol. The van der Waals surface area contributed by atoms with Crippen molar-refractivity contribution in [1.82, 2.24) is 4.90 Å². The van der Waals surface area contributed by atoms with Crippen LogP contribution in [0.3, 0.4) is 0 Å². The Balaban J connectivity index is 2.84. The van der Waals surface area contributed by atoms with E-state index in [0.29, 0.717) is 6.54 Å². The third kappa shape index (κ3) is 3.79. The Kier molecular flexibility index (Phi) is 4.66. The van der Waals surface area contributed by atoms with Crippen LogP contribution in [0.2, 0.25) is 0 Å². The molecule has 17 heavy (non-hydrogen) atoms. The molecule has 0 spiro atoms. The minimum Gasteiger partial charge on any atom is -0.326 e. The average Bonchev–Trinajstić information content (AvgIpc) is 2.28. The summed E-state index contributed by atoms with van der Waals surface area (Å²) >= 11 is 0. The second-order valence-corrected chi connectivity index (χ2v) is 5.19. The molecule has 1 rings (SSSR count). The van der Waals surface area contributed by atoms with E-state index in [0.717, 1.165) is 24.1 Å². The fourth-order valence-corrected chi connectivity index (χ4v) is 1.68. The molecule has 1 aromatic carbocycles. The molecule has 0 aromatic heterocycles. The number of hydrogen-bond acceptors (Lipinski definition) is 2. The number of nitrogens with zero attached hydrogens (tertiary/aromatic N) is 1. The van der Waals surface area contributed by atoms with Crippen molar-refractivity contribution in [3.63, 3.8) is 0 Å². The summed E-state index contributed by atoms with van der Waals surface area (Å²) < 4.78 is 13.4. The summed E-state index contributed by atoms with van der Waals surface area (Å²) in [5.74, 6) is -0.203. The van der Waals surface area contributed by atoms with Crippen LogP contribution in [0.15, 0.2) is 18.2 Å². The Bertz CT molecular complexity index is 374. The first-order chi connectivity index (χ1) is 7.89. The molecule has 1 aromatic rings. The van der Waals surface area contributed by atoms with Gasteiger partial charge in [-0.15, -0.1) is 0 Å². The molecule has 0 aliphatic carbocycles. The van der Waals surface area contributed by atoms with Gasteiger partial charge in [0.25, 0.3) is 0 Å². The van der Waals surface area contributed by atoms with Crippen LogP contribution in [0, 0.1) is 5.82 Å². The second-order valence-electron chi connectivity index (χ2n) is 5.19. The number of rotatable bonds is 5. The normalized spacial score (nSPS) is 12.2. The summed E-state index contributed by atoms with van der Waals surface area (Å²) in [5.41, 5.74) is 7.50. The topological polar surface area (TPSA) is 29.3 Å². The van der Waals surface area contributed by atoms with Crippen molar-refractivity contribution in [3.05, 3.63) is 35.1 Å². The first-order valence-electron chi connectivity index (χ1n) is 6.08. The first kappa shape index (κ1) is 14.1. The molecule has 3 heteroatoms. The SMILES string of the molecule is CCC(C)(C)N(C)Cc1cc(F)cc(CN)c1. The van der Waals surface area contributed by atoms with E-state index in [4.69, 9.17) is 5.73 Å². The molecule has 0 heterocycles. The summed E-state index contributed by atoms with van der Waals surface area (Å²) in [6.45, 7) is 7.66. The third-order valence-electron chi connectivity index (χ3n) is 3.57. The van der Waals surface area contributed by atoms with E-state index >= 15 is 0 Å². The van der Waals surface area contributed by atoms with Gasteiger partial charge in [-0.2, -0.15) is 0 Å². The molecule has 2 nitrogen and oxygen atoms in total. The Hall–Kier alpha value is -0.930. The summed E-state index contributed by atoms with van der Waals surface area (Å²) in [5, 5.41) is 0. The van der Waals surface area contributed by atoms with Gasteiger partial charge in [0.2, 0.25) is 0 Å². The highest BCUT2D eigenvalue weighted by molar-refractivity contribution is 5.24. The van der Waals surface area contributed by atoms with Gasteiger partial charge in [0.15, 0.2) is 0 Å². The highest BCUT2D eigenvalue weighted by Gasteiger charge is 2.21. The van der Waals surface area contributed by atoms with Gasteiger partial charge >= 0.3 is 0 Å². The van der Waals surface area contributed by atoms with Gasteiger partial charge in [0.05, 0.1) is 0 Å². The molecular weight excluding hydrogens is 215 g/mol. The fourth-order valence-electron chi connectivity index (χ4n) is 1.68. The summed E-state index contributed by atoms with van der Waals surface area (Å²) in [4.78, 5) is 2.24. The van der Waals surface area contributed by atoms with Crippen molar-refractivity contribution in [2.75, 3.05) is 7.05 Å². The van der Waals surface area contributed by atoms with Crippen LogP contribution in [0.1, 0.15) is 38.3 Å². The Morgan fingerprint density at radius 2 is 1.82 bits per heavy atom. The van der Waals surface area contributed by atoms with Crippen molar-refractivity contribution in [2.45, 2.75) is 45.8 Å². The molecule has 0 saturated carbocycles. The standard InChI is InChI=1S/C14H23FN2/c1-5-14(2,3)17(4)10-12-6-11(9-16)7-13(15)8-12/h6-8H,5,9-10,16H2,1-4H3. The van der Waals surface area contributed by atoms with Crippen LogP contribution >= 0.6 is 0 Å². The fraction of sp³-hybridized carbons (Fsp3) is 0.571. The van der Waals surface area contributed by atoms with E-state index in [1.54, 1.807) is 6.07 Å². The number of hydrogen-bond donors (Lipinski definition) is 1. The minimum atomic E-state index is -0.203. The van der Waals surface area contributed by atoms with Gasteiger partial charge in [0.1, 0.15) is 5.82 Å². The zero-order valence-corrected chi connectivity index (χ0v) is 11.3. The molecule has 96 valence electrons. The lowest BCUT2D eigenvalue weighted by atomic mass is 9.99. The van der Waals surface area contributed by atoms with Crippen LogP contribution in [0.25, 0.3) is 0 Å². The Morgan fingerprint density at radius 1 is 1.24 bits per heavy atom. The number of nitrogens with two attached hydrogens (primary N) is 1. The molecule has 0 aliphatic rings. The highest BCUT2D eigenvalue weighted by atomic mass is 19.1. The van der Waals surface area contributed by atoms with Crippen molar-refractivity contribution in [3.8, 4) is 0 Å². The average molecular weight is 238 g/mol. The van der Waals surface area contributed by atoms with E-state index in [1.807, 2.05) is 6.07 Å². The lowest BCUT2D eigenvalue weighted by Crippen LogP contribution is -2.39. The van der Waals surface area contributed by atoms with Crippen LogP contribution in [0.4, 0.5) is 4.39 Å². The zero-order chi connectivity index (χ0) is 13.1. The van der Waals surface area contributed by atoms with Crippen LogP contribution in [0.5, 0.6) is 0 Å². The lowest BCUT2D eigenvalue weighted by molar-refractivity contribution is 0.143. The van der Waals surface area contributed by atoms with Gasteiger partial charge in [-0.3, -0.25) is 4.90 Å². The molecule has 0 fully saturated rings. The molecule has 0 amide bonds.